The first-order chi connectivity index (χ1) is 5.66. The summed E-state index contributed by atoms with van der Waals surface area (Å²) < 4.78 is 2.04. The molecule has 1 rings (SSSR count). The van der Waals surface area contributed by atoms with Gasteiger partial charge in [0.25, 0.3) is 5.56 Å². The highest BCUT2D eigenvalue weighted by atomic mass is 127. The Morgan fingerprint density at radius 2 is 2.50 bits per heavy atom. The van der Waals surface area contributed by atoms with Crippen molar-refractivity contribution in [2.24, 2.45) is 0 Å². The summed E-state index contributed by atoms with van der Waals surface area (Å²) in [6, 6.07) is 0. The number of aromatic nitrogens is 2. The van der Waals surface area contributed by atoms with Gasteiger partial charge in [-0.2, -0.15) is 0 Å². The van der Waals surface area contributed by atoms with Crippen molar-refractivity contribution in [2.45, 2.75) is 13.5 Å². The first kappa shape index (κ1) is 9.26. The average molecular weight is 274 g/mol. The molecule has 0 amide bonds. The van der Waals surface area contributed by atoms with E-state index in [2.05, 4.69) is 10.9 Å². The molecule has 0 fully saturated rings. The molecule has 0 saturated carbocycles. The van der Waals surface area contributed by atoms with Gasteiger partial charge in [0, 0.05) is 0 Å². The van der Waals surface area contributed by atoms with Crippen LogP contribution in [0.3, 0.4) is 0 Å². The maximum atomic E-state index is 11.4. The summed E-state index contributed by atoms with van der Waals surface area (Å²) in [5, 5.41) is 0. The first-order valence-corrected chi connectivity index (χ1v) is 4.39. The average Bonchev–Trinajstić information content (AvgIpc) is 2.07. The molecule has 62 valence electrons. The van der Waals surface area contributed by atoms with Gasteiger partial charge in [-0.1, -0.05) is 5.92 Å². The van der Waals surface area contributed by atoms with Crippen LogP contribution in [-0.4, -0.2) is 9.55 Å². The van der Waals surface area contributed by atoms with Crippen LogP contribution in [0, 0.1) is 22.8 Å². The lowest BCUT2D eigenvalue weighted by Crippen LogP contribution is -2.23. The Labute approximate surface area is 84.0 Å². The fourth-order valence-electron chi connectivity index (χ4n) is 0.757. The lowest BCUT2D eigenvalue weighted by Gasteiger charge is -2.01. The van der Waals surface area contributed by atoms with Gasteiger partial charge in [-0.05, 0) is 29.5 Å². The van der Waals surface area contributed by atoms with Crippen molar-refractivity contribution in [3.05, 3.63) is 25.9 Å². The summed E-state index contributed by atoms with van der Waals surface area (Å²) >= 11 is 1.97. The van der Waals surface area contributed by atoms with Gasteiger partial charge >= 0.3 is 0 Å². The molecule has 0 aliphatic heterocycles. The van der Waals surface area contributed by atoms with Gasteiger partial charge in [0.15, 0.2) is 0 Å². The third-order valence-corrected chi connectivity index (χ3v) is 2.66. The standard InChI is InChI=1S/C8H7IN2O/c1-3-4-11-5-10-6(2)7(9)8(11)12/h1,5H,4H2,2H3. The minimum Gasteiger partial charge on any atom is -0.287 e. The Bertz CT molecular complexity index is 389. The molecule has 0 aliphatic carbocycles. The summed E-state index contributed by atoms with van der Waals surface area (Å²) in [5.74, 6) is 2.39. The molecule has 0 aromatic carbocycles. The topological polar surface area (TPSA) is 34.9 Å². The van der Waals surface area contributed by atoms with E-state index in [4.69, 9.17) is 6.42 Å². The molecular formula is C8H7IN2O. The van der Waals surface area contributed by atoms with E-state index in [-0.39, 0.29) is 12.1 Å². The van der Waals surface area contributed by atoms with E-state index >= 15 is 0 Å². The Balaban J connectivity index is 3.29. The van der Waals surface area contributed by atoms with E-state index in [1.807, 2.05) is 22.6 Å². The van der Waals surface area contributed by atoms with E-state index in [0.717, 1.165) is 5.69 Å². The van der Waals surface area contributed by atoms with Gasteiger partial charge in [-0.25, -0.2) is 4.98 Å². The summed E-state index contributed by atoms with van der Waals surface area (Å²) in [5.41, 5.74) is 0.676. The van der Waals surface area contributed by atoms with Crippen LogP contribution in [0.2, 0.25) is 0 Å². The normalized spacial score (nSPS) is 9.42. The Morgan fingerprint density at radius 1 is 1.83 bits per heavy atom. The van der Waals surface area contributed by atoms with E-state index in [9.17, 15) is 4.79 Å². The van der Waals surface area contributed by atoms with Crippen molar-refractivity contribution in [1.29, 1.82) is 0 Å². The highest BCUT2D eigenvalue weighted by molar-refractivity contribution is 14.1. The number of aryl methyl sites for hydroxylation is 1. The maximum absolute atomic E-state index is 11.4. The molecule has 0 N–H and O–H groups in total. The van der Waals surface area contributed by atoms with Crippen LogP contribution in [0.25, 0.3) is 0 Å². The molecule has 1 aromatic heterocycles. The number of rotatable bonds is 1. The van der Waals surface area contributed by atoms with Crippen LogP contribution < -0.4 is 5.56 Å². The van der Waals surface area contributed by atoms with Crippen LogP contribution in [-0.2, 0) is 6.54 Å². The molecule has 0 radical (unpaired) electrons. The quantitative estimate of drug-likeness (QED) is 0.560. The minimum atomic E-state index is -0.0685. The Morgan fingerprint density at radius 3 is 3.08 bits per heavy atom. The zero-order chi connectivity index (χ0) is 9.14. The second kappa shape index (κ2) is 3.72. The molecule has 0 atom stereocenters. The van der Waals surface area contributed by atoms with Crippen LogP contribution in [0.5, 0.6) is 0 Å². The fourth-order valence-corrected chi connectivity index (χ4v) is 1.21. The molecule has 0 aliphatic rings. The van der Waals surface area contributed by atoms with Crippen molar-refractivity contribution in [3.63, 3.8) is 0 Å². The van der Waals surface area contributed by atoms with Crippen molar-refractivity contribution >= 4 is 22.6 Å². The maximum Gasteiger partial charge on any atom is 0.267 e. The van der Waals surface area contributed by atoms with Gasteiger partial charge in [0.1, 0.15) is 0 Å². The lowest BCUT2D eigenvalue weighted by molar-refractivity contribution is 0.753. The molecule has 1 aromatic rings. The molecule has 0 spiro atoms. The third kappa shape index (κ3) is 1.67. The highest BCUT2D eigenvalue weighted by Crippen LogP contribution is 2.00. The fraction of sp³-hybridized carbons (Fsp3) is 0.250. The highest BCUT2D eigenvalue weighted by Gasteiger charge is 2.02. The molecule has 1 heterocycles. The van der Waals surface area contributed by atoms with Gasteiger partial charge in [0.05, 0.1) is 22.1 Å². The lowest BCUT2D eigenvalue weighted by atomic mass is 10.4. The van der Waals surface area contributed by atoms with E-state index in [0.29, 0.717) is 3.57 Å². The van der Waals surface area contributed by atoms with Crippen molar-refractivity contribution < 1.29 is 0 Å². The molecule has 0 unspecified atom stereocenters. The number of nitrogens with zero attached hydrogens (tertiary/aromatic N) is 2. The number of halogens is 1. The van der Waals surface area contributed by atoms with Crippen LogP contribution in [0.4, 0.5) is 0 Å². The third-order valence-electron chi connectivity index (χ3n) is 1.42. The summed E-state index contributed by atoms with van der Waals surface area (Å²) in [4.78, 5) is 15.4. The molecule has 0 saturated heterocycles. The summed E-state index contributed by atoms with van der Waals surface area (Å²) in [7, 11) is 0. The predicted molar refractivity (Wildman–Crippen MR) is 54.8 cm³/mol. The molecule has 0 bridgehead atoms. The van der Waals surface area contributed by atoms with E-state index < -0.39 is 0 Å². The van der Waals surface area contributed by atoms with Crippen molar-refractivity contribution in [1.82, 2.24) is 9.55 Å². The second-order valence-corrected chi connectivity index (χ2v) is 3.36. The summed E-state index contributed by atoms with van der Waals surface area (Å²) in [6.07, 6.45) is 6.55. The Kier molecular flexibility index (Phi) is 2.87. The van der Waals surface area contributed by atoms with E-state index in [1.54, 1.807) is 6.92 Å². The van der Waals surface area contributed by atoms with Gasteiger partial charge in [-0.3, -0.25) is 9.36 Å². The minimum absolute atomic E-state index is 0.0685. The molecule has 3 nitrogen and oxygen atoms in total. The van der Waals surface area contributed by atoms with Crippen molar-refractivity contribution in [2.75, 3.05) is 0 Å². The first-order valence-electron chi connectivity index (χ1n) is 3.32. The smallest absolute Gasteiger partial charge is 0.267 e. The number of terminal acetylenes is 1. The molecule has 12 heavy (non-hydrogen) atoms. The predicted octanol–water partition coefficient (Wildman–Crippen LogP) is 0.790. The van der Waals surface area contributed by atoms with Crippen molar-refractivity contribution in [3.8, 4) is 12.3 Å². The second-order valence-electron chi connectivity index (χ2n) is 2.28. The van der Waals surface area contributed by atoms with Gasteiger partial charge < -0.3 is 0 Å². The van der Waals surface area contributed by atoms with Gasteiger partial charge in [0.2, 0.25) is 0 Å². The molecular weight excluding hydrogens is 267 g/mol. The summed E-state index contributed by atoms with van der Waals surface area (Å²) in [6.45, 7) is 2.07. The zero-order valence-corrected chi connectivity index (χ0v) is 8.70. The number of hydrogen-bond acceptors (Lipinski definition) is 2. The number of hydrogen-bond donors (Lipinski definition) is 0. The van der Waals surface area contributed by atoms with E-state index in [1.165, 1.54) is 10.9 Å². The Hall–Kier alpha value is -0.830. The molecule has 4 heteroatoms. The largest absolute Gasteiger partial charge is 0.287 e. The van der Waals surface area contributed by atoms with Crippen LogP contribution >= 0.6 is 22.6 Å². The van der Waals surface area contributed by atoms with Crippen LogP contribution in [0.1, 0.15) is 5.69 Å². The zero-order valence-electron chi connectivity index (χ0n) is 6.54. The van der Waals surface area contributed by atoms with Crippen LogP contribution in [0.15, 0.2) is 11.1 Å². The van der Waals surface area contributed by atoms with Gasteiger partial charge in [-0.15, -0.1) is 6.42 Å². The monoisotopic (exact) mass is 274 g/mol. The SMILES string of the molecule is C#CCn1cnc(C)c(I)c1=O.